The lowest BCUT2D eigenvalue weighted by Gasteiger charge is -2.17. The zero-order valence-electron chi connectivity index (χ0n) is 18.4. The number of hydrogen-bond donors (Lipinski definition) is 2. The number of pyridine rings is 1. The molecule has 2 N–H and O–H groups in total. The predicted octanol–water partition coefficient (Wildman–Crippen LogP) is 5.22. The van der Waals surface area contributed by atoms with Gasteiger partial charge in [-0.05, 0) is 35.4 Å². The van der Waals surface area contributed by atoms with Gasteiger partial charge >= 0.3 is 6.18 Å². The summed E-state index contributed by atoms with van der Waals surface area (Å²) in [7, 11) is 4.44. The first kappa shape index (κ1) is 22.9. The second kappa shape index (κ2) is 8.93. The van der Waals surface area contributed by atoms with Gasteiger partial charge in [0.15, 0.2) is 17.2 Å². The maximum atomic E-state index is 13.5. The fraction of sp³-hybridized carbons (Fsp3) is 0.174. The molecule has 0 aliphatic rings. The minimum Gasteiger partial charge on any atom is -0.493 e. The molecule has 0 atom stereocenters. The number of aromatic nitrogens is 5. The van der Waals surface area contributed by atoms with Crippen molar-refractivity contribution in [2.24, 2.45) is 0 Å². The molecular formula is C23H20F3N5O3. The summed E-state index contributed by atoms with van der Waals surface area (Å²) in [6.07, 6.45) is 1.18. The average molecular weight is 471 g/mol. The van der Waals surface area contributed by atoms with Gasteiger partial charge in [-0.1, -0.05) is 6.58 Å². The van der Waals surface area contributed by atoms with E-state index in [1.807, 2.05) is 0 Å². The number of nitrogens with one attached hydrogen (secondary N) is 2. The van der Waals surface area contributed by atoms with E-state index < -0.39 is 11.9 Å². The molecule has 0 unspecified atom stereocenters. The first-order valence-corrected chi connectivity index (χ1v) is 9.90. The van der Waals surface area contributed by atoms with Crippen LogP contribution in [-0.2, 0) is 6.18 Å². The number of methoxy groups -OCH3 is 3. The number of benzene rings is 1. The highest BCUT2D eigenvalue weighted by molar-refractivity contribution is 5.89. The van der Waals surface area contributed by atoms with Crippen molar-refractivity contribution < 1.29 is 27.4 Å². The van der Waals surface area contributed by atoms with Crippen molar-refractivity contribution in [2.75, 3.05) is 21.3 Å². The predicted molar refractivity (Wildman–Crippen MR) is 120 cm³/mol. The van der Waals surface area contributed by atoms with Crippen LogP contribution < -0.4 is 14.2 Å². The van der Waals surface area contributed by atoms with Crippen LogP contribution in [0.3, 0.4) is 0 Å². The van der Waals surface area contributed by atoms with Crippen molar-refractivity contribution in [3.8, 4) is 50.8 Å². The van der Waals surface area contributed by atoms with Crippen molar-refractivity contribution >= 4 is 6.08 Å². The van der Waals surface area contributed by atoms with E-state index in [4.69, 9.17) is 14.2 Å². The molecule has 0 spiro atoms. The van der Waals surface area contributed by atoms with Gasteiger partial charge in [0.05, 0.1) is 44.5 Å². The van der Waals surface area contributed by atoms with E-state index >= 15 is 0 Å². The number of aromatic amines is 2. The Kier molecular flexibility index (Phi) is 6.01. The molecule has 0 fully saturated rings. The van der Waals surface area contributed by atoms with E-state index in [-0.39, 0.29) is 11.3 Å². The summed E-state index contributed by atoms with van der Waals surface area (Å²) in [6, 6.07) is 4.96. The van der Waals surface area contributed by atoms with Gasteiger partial charge in [0.1, 0.15) is 0 Å². The van der Waals surface area contributed by atoms with Gasteiger partial charge in [-0.25, -0.2) is 0 Å². The van der Waals surface area contributed by atoms with Gasteiger partial charge in [-0.3, -0.25) is 15.2 Å². The summed E-state index contributed by atoms with van der Waals surface area (Å²) in [5, 5.41) is 12.5. The smallest absolute Gasteiger partial charge is 0.435 e. The number of hydrogen-bond acceptors (Lipinski definition) is 6. The van der Waals surface area contributed by atoms with Crippen LogP contribution in [0, 0.1) is 0 Å². The summed E-state index contributed by atoms with van der Waals surface area (Å²) < 4.78 is 56.8. The normalized spacial score (nSPS) is 11.4. The minimum atomic E-state index is -4.65. The molecule has 0 aliphatic heterocycles. The van der Waals surface area contributed by atoms with Crippen LogP contribution in [0.1, 0.15) is 11.4 Å². The third-order valence-electron chi connectivity index (χ3n) is 5.23. The molecule has 0 saturated carbocycles. The van der Waals surface area contributed by atoms with Gasteiger partial charge in [-0.2, -0.15) is 23.4 Å². The van der Waals surface area contributed by atoms with E-state index in [0.29, 0.717) is 45.2 Å². The summed E-state index contributed by atoms with van der Waals surface area (Å²) in [6.45, 7) is 3.78. The number of ether oxygens (including phenoxy) is 3. The summed E-state index contributed by atoms with van der Waals surface area (Å²) in [5.41, 5.74) is 1.91. The van der Waals surface area contributed by atoms with Crippen molar-refractivity contribution in [3.05, 3.63) is 54.8 Å². The van der Waals surface area contributed by atoms with Crippen molar-refractivity contribution in [2.45, 2.75) is 6.18 Å². The van der Waals surface area contributed by atoms with Crippen LogP contribution in [0.4, 0.5) is 13.2 Å². The molecule has 8 nitrogen and oxygen atoms in total. The molecule has 0 amide bonds. The lowest BCUT2D eigenvalue weighted by atomic mass is 9.94. The number of alkyl halides is 3. The molecule has 4 rings (SSSR count). The summed E-state index contributed by atoms with van der Waals surface area (Å²) >= 11 is 0. The van der Waals surface area contributed by atoms with Crippen LogP contribution in [0.2, 0.25) is 0 Å². The number of halogens is 3. The largest absolute Gasteiger partial charge is 0.493 e. The Morgan fingerprint density at radius 1 is 0.912 bits per heavy atom. The molecule has 3 aromatic heterocycles. The monoisotopic (exact) mass is 471 g/mol. The van der Waals surface area contributed by atoms with E-state index in [0.717, 1.165) is 6.20 Å². The van der Waals surface area contributed by atoms with E-state index in [2.05, 4.69) is 32.0 Å². The Balaban J connectivity index is 2.01. The van der Waals surface area contributed by atoms with Crippen LogP contribution in [0.5, 0.6) is 17.2 Å². The molecule has 1 aromatic carbocycles. The third-order valence-corrected chi connectivity index (χ3v) is 5.23. The average Bonchev–Trinajstić information content (AvgIpc) is 3.52. The fourth-order valence-electron chi connectivity index (χ4n) is 3.66. The molecule has 0 aliphatic carbocycles. The molecule has 0 saturated heterocycles. The highest BCUT2D eigenvalue weighted by Gasteiger charge is 2.37. The van der Waals surface area contributed by atoms with Crippen LogP contribution in [0.25, 0.3) is 39.6 Å². The Hall–Kier alpha value is -4.28. The summed E-state index contributed by atoms with van der Waals surface area (Å²) in [5.74, 6) is 1.15. The highest BCUT2D eigenvalue weighted by atomic mass is 19.4. The van der Waals surface area contributed by atoms with Crippen molar-refractivity contribution in [1.29, 1.82) is 0 Å². The highest BCUT2D eigenvalue weighted by Crippen LogP contribution is 2.45. The molecule has 176 valence electrons. The van der Waals surface area contributed by atoms with Crippen LogP contribution in [0.15, 0.2) is 43.4 Å². The van der Waals surface area contributed by atoms with Crippen molar-refractivity contribution in [1.82, 2.24) is 25.4 Å². The number of rotatable bonds is 7. The fourth-order valence-corrected chi connectivity index (χ4v) is 3.66. The van der Waals surface area contributed by atoms with E-state index in [1.165, 1.54) is 27.5 Å². The van der Waals surface area contributed by atoms with Gasteiger partial charge in [0, 0.05) is 23.5 Å². The number of H-pyrrole nitrogens is 2. The second-order valence-corrected chi connectivity index (χ2v) is 7.08. The molecule has 34 heavy (non-hydrogen) atoms. The van der Waals surface area contributed by atoms with Gasteiger partial charge in [0.25, 0.3) is 0 Å². The van der Waals surface area contributed by atoms with E-state index in [9.17, 15) is 13.2 Å². The van der Waals surface area contributed by atoms with Crippen LogP contribution >= 0.6 is 0 Å². The maximum absolute atomic E-state index is 13.5. The summed E-state index contributed by atoms with van der Waals surface area (Å²) in [4.78, 5) is 4.31. The topological polar surface area (TPSA) is 97.9 Å². The maximum Gasteiger partial charge on any atom is 0.435 e. The first-order valence-electron chi connectivity index (χ1n) is 9.90. The molecule has 4 aromatic rings. The second-order valence-electron chi connectivity index (χ2n) is 7.08. The SMILES string of the molecule is C=Cc1[nH]ncc1-c1cnc(-c2c[nH]nc2C(F)(F)F)cc1-c1cc(OC)c(OC)c(OC)c1. The minimum absolute atomic E-state index is 0.0808. The van der Waals surface area contributed by atoms with Gasteiger partial charge < -0.3 is 14.2 Å². The molecule has 11 heteroatoms. The lowest BCUT2D eigenvalue weighted by Crippen LogP contribution is -2.07. The standard InChI is InChI=1S/C23H20F3N5O3/c1-5-17-15(10-28-30-17)14-9-27-18(16-11-29-31-22(16)23(24,25)26)8-13(14)12-6-19(32-2)21(34-4)20(7-12)33-3/h5-11H,1H2,2-4H3,(H,28,30)(H,29,31). The zero-order chi connectivity index (χ0) is 24.5. The Morgan fingerprint density at radius 2 is 1.62 bits per heavy atom. The van der Waals surface area contributed by atoms with Crippen molar-refractivity contribution in [3.63, 3.8) is 0 Å². The third kappa shape index (κ3) is 3.96. The quantitative estimate of drug-likeness (QED) is 0.384. The van der Waals surface area contributed by atoms with E-state index in [1.54, 1.807) is 30.5 Å². The zero-order valence-corrected chi connectivity index (χ0v) is 18.4. The lowest BCUT2D eigenvalue weighted by molar-refractivity contribution is -0.140. The molecule has 0 bridgehead atoms. The number of nitrogens with zero attached hydrogens (tertiary/aromatic N) is 3. The van der Waals surface area contributed by atoms with Crippen LogP contribution in [-0.4, -0.2) is 46.7 Å². The first-order chi connectivity index (χ1) is 16.3. The molecular weight excluding hydrogens is 451 g/mol. The molecule has 0 radical (unpaired) electrons. The van der Waals surface area contributed by atoms with Gasteiger partial charge in [0.2, 0.25) is 5.75 Å². The Morgan fingerprint density at radius 3 is 2.21 bits per heavy atom. The Labute approximate surface area is 192 Å². The molecule has 3 heterocycles. The van der Waals surface area contributed by atoms with Gasteiger partial charge in [-0.15, -0.1) is 0 Å². The Bertz CT molecular complexity index is 1320.